The second-order valence-corrected chi connectivity index (χ2v) is 3.70. The van der Waals surface area contributed by atoms with Crippen molar-refractivity contribution in [3.8, 4) is 0 Å². The van der Waals surface area contributed by atoms with Crippen LogP contribution < -0.4 is 59.1 Å². The van der Waals surface area contributed by atoms with Crippen LogP contribution in [0.15, 0.2) is 0 Å². The first kappa shape index (κ1) is 33.0. The molecule has 0 aromatic heterocycles. The van der Waals surface area contributed by atoms with E-state index in [9.17, 15) is 14.4 Å². The average Bonchev–Trinajstić information content (AvgIpc) is 1.95. The fourth-order valence-corrected chi connectivity index (χ4v) is 0.714. The molecule has 0 saturated heterocycles. The van der Waals surface area contributed by atoms with Crippen molar-refractivity contribution in [2.75, 3.05) is 0 Å². The quantitative estimate of drug-likeness (QED) is 0.205. The summed E-state index contributed by atoms with van der Waals surface area (Å²) in [4.78, 5) is 30.5. The summed E-state index contributed by atoms with van der Waals surface area (Å²) in [7, 11) is -5.17. The van der Waals surface area contributed by atoms with Gasteiger partial charge in [0, 0.05) is 10.4 Å². The second-order valence-electron chi connectivity index (χ2n) is 2.89. The maximum absolute atomic E-state index is 10.3. The Morgan fingerprint density at radius 2 is 1.10 bits per heavy atom. The molecule has 0 bridgehead atoms. The van der Waals surface area contributed by atoms with E-state index in [2.05, 4.69) is 0 Å². The van der Waals surface area contributed by atoms with Gasteiger partial charge in [-0.05, 0) is 0 Å². The molecular formula is C6H10Na2O12S. The van der Waals surface area contributed by atoms with E-state index in [0.717, 1.165) is 0 Å². The van der Waals surface area contributed by atoms with Crippen molar-refractivity contribution in [3.63, 3.8) is 0 Å². The van der Waals surface area contributed by atoms with Gasteiger partial charge in [-0.1, -0.05) is 0 Å². The number of aliphatic hydroxyl groups is 1. The van der Waals surface area contributed by atoms with Gasteiger partial charge in [-0.15, -0.1) is 0 Å². The van der Waals surface area contributed by atoms with Gasteiger partial charge >= 0.3 is 77.0 Å². The topological polar surface area (TPSA) is 244 Å². The maximum Gasteiger partial charge on any atom is 1.00 e. The Morgan fingerprint density at radius 1 is 0.905 bits per heavy atom. The molecule has 0 atom stereocenters. The Kier molecular flexibility index (Phi) is 21.7. The van der Waals surface area contributed by atoms with E-state index in [1.165, 1.54) is 0 Å². The third kappa shape index (κ3) is 25.5. The first-order chi connectivity index (χ1) is 7.78. The average molecular weight is 352 g/mol. The molecule has 0 rings (SSSR count). The van der Waals surface area contributed by atoms with E-state index in [1.54, 1.807) is 0 Å². The third-order valence-electron chi connectivity index (χ3n) is 1.29. The van der Waals surface area contributed by atoms with Crippen LogP contribution in [0.3, 0.4) is 0 Å². The zero-order valence-electron chi connectivity index (χ0n) is 11.0. The third-order valence-corrected chi connectivity index (χ3v) is 1.29. The Balaban J connectivity index is -0.0000000933. The van der Waals surface area contributed by atoms with Crippen molar-refractivity contribution < 1.29 is 117 Å². The molecule has 0 saturated carbocycles. The van der Waals surface area contributed by atoms with E-state index in [0.29, 0.717) is 0 Å². The van der Waals surface area contributed by atoms with Crippen molar-refractivity contribution in [1.82, 2.24) is 0 Å². The number of carbonyl (C=O) groups is 3. The Bertz CT molecular complexity index is 407. The van der Waals surface area contributed by atoms with E-state index >= 15 is 0 Å². The normalized spacial score (nSPS) is 9.48. The van der Waals surface area contributed by atoms with E-state index < -0.39 is 46.7 Å². The molecular weight excluding hydrogens is 342 g/mol. The summed E-state index contributed by atoms with van der Waals surface area (Å²) in [5.41, 5.74) is -2.74. The summed E-state index contributed by atoms with van der Waals surface area (Å²) in [6, 6.07) is 0. The molecule has 0 aliphatic rings. The minimum Gasteiger partial charge on any atom is -0.759 e. The summed E-state index contributed by atoms with van der Waals surface area (Å²) in [5, 5.41) is 33.8. The SMILES string of the molecule is O.O=C(O)CC(O)(CC(=O)O)C(=O)O.O=S(=O)([O-])[O-].[Na+].[Na+]. The van der Waals surface area contributed by atoms with Crippen molar-refractivity contribution in [1.29, 1.82) is 0 Å². The van der Waals surface area contributed by atoms with Gasteiger partial charge in [0.15, 0.2) is 5.60 Å². The van der Waals surface area contributed by atoms with Gasteiger partial charge in [-0.3, -0.25) is 18.0 Å². The molecule has 114 valence electrons. The van der Waals surface area contributed by atoms with Crippen LogP contribution in [0.5, 0.6) is 0 Å². The zero-order valence-corrected chi connectivity index (χ0v) is 15.8. The summed E-state index contributed by atoms with van der Waals surface area (Å²) < 4.78 is 34.1. The molecule has 21 heavy (non-hydrogen) atoms. The number of hydrogen-bond donors (Lipinski definition) is 4. The summed E-state index contributed by atoms with van der Waals surface area (Å²) in [5.74, 6) is -5.02. The Labute approximate surface area is 162 Å². The summed E-state index contributed by atoms with van der Waals surface area (Å²) in [6.07, 6.45) is -2.29. The molecule has 0 fully saturated rings. The molecule has 12 nitrogen and oxygen atoms in total. The monoisotopic (exact) mass is 352 g/mol. The summed E-state index contributed by atoms with van der Waals surface area (Å²) in [6.45, 7) is 0. The van der Waals surface area contributed by atoms with E-state index in [4.69, 9.17) is 37.9 Å². The van der Waals surface area contributed by atoms with Gasteiger partial charge in [-0.2, -0.15) is 0 Å². The van der Waals surface area contributed by atoms with Crippen LogP contribution in [-0.2, 0) is 24.8 Å². The van der Waals surface area contributed by atoms with Crippen LogP contribution in [0.25, 0.3) is 0 Å². The van der Waals surface area contributed by atoms with Crippen molar-refractivity contribution in [2.24, 2.45) is 0 Å². The van der Waals surface area contributed by atoms with Crippen LogP contribution in [0.4, 0.5) is 0 Å². The number of hydrogen-bond acceptors (Lipinski definition) is 8. The van der Waals surface area contributed by atoms with Crippen molar-refractivity contribution in [2.45, 2.75) is 18.4 Å². The van der Waals surface area contributed by atoms with Gasteiger partial charge in [0.05, 0.1) is 12.8 Å². The number of rotatable bonds is 5. The second kappa shape index (κ2) is 13.8. The van der Waals surface area contributed by atoms with Crippen LogP contribution in [0.2, 0.25) is 0 Å². The molecule has 6 N–H and O–H groups in total. The zero-order chi connectivity index (χ0) is 15.1. The number of carboxylic acids is 3. The fourth-order valence-electron chi connectivity index (χ4n) is 0.714. The van der Waals surface area contributed by atoms with Crippen LogP contribution in [0, 0.1) is 0 Å². The molecule has 0 aromatic carbocycles. The van der Waals surface area contributed by atoms with Gasteiger partial charge in [0.25, 0.3) is 0 Å². The van der Waals surface area contributed by atoms with Crippen LogP contribution in [-0.4, -0.2) is 66.9 Å². The fraction of sp³-hybridized carbons (Fsp3) is 0.500. The largest absolute Gasteiger partial charge is 1.00 e. The van der Waals surface area contributed by atoms with Gasteiger partial charge in [0.1, 0.15) is 0 Å². The minimum absolute atomic E-state index is 0. The molecule has 0 unspecified atom stereocenters. The molecule has 0 spiro atoms. The first-order valence-electron chi connectivity index (χ1n) is 3.84. The molecule has 0 aliphatic carbocycles. The Morgan fingerprint density at radius 3 is 1.19 bits per heavy atom. The smallest absolute Gasteiger partial charge is 0.759 e. The first-order valence-corrected chi connectivity index (χ1v) is 5.17. The minimum atomic E-state index is -5.17. The maximum atomic E-state index is 10.3. The molecule has 0 amide bonds. The van der Waals surface area contributed by atoms with Gasteiger partial charge in [-0.25, -0.2) is 4.79 Å². The summed E-state index contributed by atoms with van der Waals surface area (Å²) >= 11 is 0. The molecule has 0 radical (unpaired) electrons. The predicted molar refractivity (Wildman–Crippen MR) is 51.2 cm³/mol. The standard InChI is InChI=1S/C6H8O7.2Na.H2O4S.H2O/c7-3(8)1-6(13,5(11)12)2-4(9)10;;;1-5(2,3)4;/h13H,1-2H2,(H,7,8)(H,9,10)(H,11,12);;;(H2,1,2,3,4);1H2/q;2*+1;;/p-2. The van der Waals surface area contributed by atoms with Crippen molar-refractivity contribution >= 4 is 28.3 Å². The van der Waals surface area contributed by atoms with Crippen LogP contribution >= 0.6 is 0 Å². The molecule has 0 heterocycles. The van der Waals surface area contributed by atoms with E-state index in [1.807, 2.05) is 0 Å². The van der Waals surface area contributed by atoms with Crippen molar-refractivity contribution in [3.05, 3.63) is 0 Å². The molecule has 0 aromatic rings. The number of aliphatic carboxylic acids is 3. The number of carboxylic acid groups (broad SMARTS) is 3. The Hall–Kier alpha value is 0.200. The molecule has 0 aliphatic heterocycles. The predicted octanol–water partition coefficient (Wildman–Crippen LogP) is -9.40. The van der Waals surface area contributed by atoms with Gasteiger partial charge < -0.3 is 35.0 Å². The molecule has 15 heteroatoms. The van der Waals surface area contributed by atoms with Gasteiger partial charge in [0.2, 0.25) is 0 Å². The van der Waals surface area contributed by atoms with Crippen LogP contribution in [0.1, 0.15) is 12.8 Å². The van der Waals surface area contributed by atoms with E-state index in [-0.39, 0.29) is 64.6 Å².